The van der Waals surface area contributed by atoms with Crippen LogP contribution in [0.25, 0.3) is 10.8 Å². The number of amides is 1. The van der Waals surface area contributed by atoms with Crippen LogP contribution in [0.2, 0.25) is 0 Å². The van der Waals surface area contributed by atoms with E-state index < -0.39 is 15.8 Å². The van der Waals surface area contributed by atoms with Crippen LogP contribution in [-0.4, -0.2) is 55.9 Å². The fourth-order valence-electron chi connectivity index (χ4n) is 3.38. The van der Waals surface area contributed by atoms with Crippen molar-refractivity contribution in [2.24, 2.45) is 0 Å². The molecule has 27 heavy (non-hydrogen) atoms. The van der Waals surface area contributed by atoms with E-state index in [1.165, 1.54) is 4.90 Å². The molecular weight excluding hydrogens is 366 g/mol. The molecule has 0 saturated carbocycles. The van der Waals surface area contributed by atoms with Gasteiger partial charge in [0.05, 0.1) is 17.1 Å². The van der Waals surface area contributed by atoms with Crippen LogP contribution in [0.1, 0.15) is 30.1 Å². The minimum atomic E-state index is -3.09. The van der Waals surface area contributed by atoms with Gasteiger partial charge in [-0.1, -0.05) is 37.3 Å². The molecule has 3 rings (SSSR count). The SMILES string of the molecule is CCCN(C(=O)COC(=O)c1ccc2ccccc2c1)[C@H]1CCS(=O)(=O)C1. The molecule has 1 fully saturated rings. The molecule has 1 aliphatic heterocycles. The maximum Gasteiger partial charge on any atom is 0.338 e. The first-order chi connectivity index (χ1) is 12.9. The van der Waals surface area contributed by atoms with Crippen LogP contribution in [0.15, 0.2) is 42.5 Å². The highest BCUT2D eigenvalue weighted by molar-refractivity contribution is 7.91. The van der Waals surface area contributed by atoms with Crippen molar-refractivity contribution in [1.82, 2.24) is 4.90 Å². The van der Waals surface area contributed by atoms with E-state index in [2.05, 4.69) is 0 Å². The number of rotatable bonds is 6. The van der Waals surface area contributed by atoms with Gasteiger partial charge in [-0.2, -0.15) is 0 Å². The van der Waals surface area contributed by atoms with Crippen LogP contribution in [0.3, 0.4) is 0 Å². The van der Waals surface area contributed by atoms with Gasteiger partial charge >= 0.3 is 5.97 Å². The second kappa shape index (κ2) is 8.08. The zero-order valence-corrected chi connectivity index (χ0v) is 16.1. The largest absolute Gasteiger partial charge is 0.452 e. The zero-order valence-electron chi connectivity index (χ0n) is 15.3. The average Bonchev–Trinajstić information content (AvgIpc) is 3.02. The van der Waals surface area contributed by atoms with Gasteiger partial charge in [0, 0.05) is 12.6 Å². The third-order valence-corrected chi connectivity index (χ3v) is 6.50. The number of carbonyl (C=O) groups is 2. The highest BCUT2D eigenvalue weighted by Crippen LogP contribution is 2.19. The summed E-state index contributed by atoms with van der Waals surface area (Å²) in [5.41, 5.74) is 0.381. The van der Waals surface area contributed by atoms with E-state index in [0.29, 0.717) is 24.9 Å². The number of hydrogen-bond donors (Lipinski definition) is 0. The van der Waals surface area contributed by atoms with Gasteiger partial charge in [-0.15, -0.1) is 0 Å². The molecule has 1 atom stereocenters. The molecule has 0 aliphatic carbocycles. The molecule has 0 radical (unpaired) electrons. The molecule has 0 bridgehead atoms. The molecule has 1 amide bonds. The number of benzene rings is 2. The number of ether oxygens (including phenoxy) is 1. The minimum absolute atomic E-state index is 0.0165. The molecule has 2 aromatic carbocycles. The standard InChI is InChI=1S/C20H23NO5S/c1-2-10-21(18-9-11-27(24,25)14-18)19(22)13-26-20(23)17-8-7-15-5-3-4-6-16(15)12-17/h3-8,12,18H,2,9-11,13-14H2,1H3/t18-/m0/s1. The topological polar surface area (TPSA) is 80.8 Å². The summed E-state index contributed by atoms with van der Waals surface area (Å²) < 4.78 is 28.6. The Kier molecular flexibility index (Phi) is 5.79. The predicted molar refractivity (Wildman–Crippen MR) is 103 cm³/mol. The third kappa shape index (κ3) is 4.66. The van der Waals surface area contributed by atoms with Gasteiger partial charge in [-0.05, 0) is 35.7 Å². The maximum absolute atomic E-state index is 12.5. The Hall–Kier alpha value is -2.41. The first kappa shape index (κ1) is 19.4. The van der Waals surface area contributed by atoms with Crippen LogP contribution in [0.5, 0.6) is 0 Å². The van der Waals surface area contributed by atoms with Gasteiger partial charge in [-0.25, -0.2) is 13.2 Å². The van der Waals surface area contributed by atoms with Crippen molar-refractivity contribution in [1.29, 1.82) is 0 Å². The predicted octanol–water partition coefficient (Wildman–Crippen LogP) is 2.42. The zero-order chi connectivity index (χ0) is 19.4. The van der Waals surface area contributed by atoms with Crippen LogP contribution >= 0.6 is 0 Å². The van der Waals surface area contributed by atoms with E-state index >= 15 is 0 Å². The van der Waals surface area contributed by atoms with E-state index in [9.17, 15) is 18.0 Å². The van der Waals surface area contributed by atoms with Crippen LogP contribution in [-0.2, 0) is 19.4 Å². The van der Waals surface area contributed by atoms with Crippen molar-refractivity contribution in [3.63, 3.8) is 0 Å². The molecular formula is C20H23NO5S. The lowest BCUT2D eigenvalue weighted by Gasteiger charge is -2.27. The van der Waals surface area contributed by atoms with E-state index in [4.69, 9.17) is 4.74 Å². The fraction of sp³-hybridized carbons (Fsp3) is 0.400. The molecule has 1 saturated heterocycles. The first-order valence-corrected chi connectivity index (χ1v) is 10.9. The monoisotopic (exact) mass is 389 g/mol. The second-order valence-electron chi connectivity index (χ2n) is 6.78. The summed E-state index contributed by atoms with van der Waals surface area (Å²) >= 11 is 0. The van der Waals surface area contributed by atoms with Crippen molar-refractivity contribution in [2.75, 3.05) is 24.7 Å². The van der Waals surface area contributed by atoms with Crippen molar-refractivity contribution in [3.8, 4) is 0 Å². The lowest BCUT2D eigenvalue weighted by Crippen LogP contribution is -2.43. The second-order valence-corrected chi connectivity index (χ2v) is 9.01. The van der Waals surface area contributed by atoms with E-state index in [-0.39, 0.29) is 30.1 Å². The molecule has 0 unspecified atom stereocenters. The number of hydrogen-bond acceptors (Lipinski definition) is 5. The third-order valence-electron chi connectivity index (χ3n) is 4.75. The Bertz CT molecular complexity index is 954. The number of esters is 1. The Morgan fingerprint density at radius 3 is 2.56 bits per heavy atom. The number of nitrogens with zero attached hydrogens (tertiary/aromatic N) is 1. The van der Waals surface area contributed by atoms with E-state index in [1.807, 2.05) is 37.3 Å². The molecule has 144 valence electrons. The number of carbonyl (C=O) groups excluding carboxylic acids is 2. The molecule has 6 nitrogen and oxygen atoms in total. The molecule has 2 aromatic rings. The van der Waals surface area contributed by atoms with Gasteiger partial charge < -0.3 is 9.64 Å². The Balaban J connectivity index is 1.64. The highest BCUT2D eigenvalue weighted by Gasteiger charge is 2.34. The van der Waals surface area contributed by atoms with Crippen molar-refractivity contribution >= 4 is 32.5 Å². The Morgan fingerprint density at radius 1 is 1.15 bits per heavy atom. The van der Waals surface area contributed by atoms with Crippen molar-refractivity contribution in [3.05, 3.63) is 48.0 Å². The number of fused-ring (bicyclic) bond motifs is 1. The van der Waals surface area contributed by atoms with Gasteiger partial charge in [0.2, 0.25) is 0 Å². The minimum Gasteiger partial charge on any atom is -0.452 e. The summed E-state index contributed by atoms with van der Waals surface area (Å²) in [5.74, 6) is -0.836. The van der Waals surface area contributed by atoms with E-state index in [0.717, 1.165) is 10.8 Å². The molecule has 7 heteroatoms. The Labute approximate surface area is 159 Å². The highest BCUT2D eigenvalue weighted by atomic mass is 32.2. The quantitative estimate of drug-likeness (QED) is 0.709. The van der Waals surface area contributed by atoms with E-state index in [1.54, 1.807) is 12.1 Å². The summed E-state index contributed by atoms with van der Waals surface area (Å²) in [7, 11) is -3.09. The summed E-state index contributed by atoms with van der Waals surface area (Å²) in [6.07, 6.45) is 1.15. The smallest absolute Gasteiger partial charge is 0.338 e. The fourth-order valence-corrected chi connectivity index (χ4v) is 5.11. The summed E-state index contributed by atoms with van der Waals surface area (Å²) in [6.45, 7) is 1.99. The number of sulfone groups is 1. The maximum atomic E-state index is 12.5. The van der Waals surface area contributed by atoms with Gasteiger partial charge in [0.25, 0.3) is 5.91 Å². The Morgan fingerprint density at radius 2 is 1.89 bits per heavy atom. The normalized spacial score (nSPS) is 18.3. The van der Waals surface area contributed by atoms with Crippen LogP contribution in [0, 0.1) is 0 Å². The van der Waals surface area contributed by atoms with Crippen molar-refractivity contribution in [2.45, 2.75) is 25.8 Å². The van der Waals surface area contributed by atoms with Gasteiger partial charge in [-0.3, -0.25) is 4.79 Å². The summed E-state index contributed by atoms with van der Waals surface area (Å²) in [5, 5.41) is 1.93. The molecule has 0 N–H and O–H groups in total. The molecule has 1 aliphatic rings. The van der Waals surface area contributed by atoms with Crippen molar-refractivity contribution < 1.29 is 22.7 Å². The van der Waals surface area contributed by atoms with Gasteiger partial charge in [0.1, 0.15) is 0 Å². The lowest BCUT2D eigenvalue weighted by molar-refractivity contribution is -0.136. The van der Waals surface area contributed by atoms with Gasteiger partial charge in [0.15, 0.2) is 16.4 Å². The lowest BCUT2D eigenvalue weighted by atomic mass is 10.1. The molecule has 1 heterocycles. The first-order valence-electron chi connectivity index (χ1n) is 9.05. The summed E-state index contributed by atoms with van der Waals surface area (Å²) in [6, 6.07) is 12.6. The van der Waals surface area contributed by atoms with Crippen LogP contribution < -0.4 is 0 Å². The molecule has 0 aromatic heterocycles. The average molecular weight is 389 g/mol. The van der Waals surface area contributed by atoms with Crippen LogP contribution in [0.4, 0.5) is 0 Å². The molecule has 0 spiro atoms. The summed E-state index contributed by atoms with van der Waals surface area (Å²) in [4.78, 5) is 26.4.